The first-order valence-corrected chi connectivity index (χ1v) is 7.15. The highest BCUT2D eigenvalue weighted by molar-refractivity contribution is 5.89. The third-order valence-electron chi connectivity index (χ3n) is 2.69. The number of ether oxygens (including phenoxy) is 3. The highest BCUT2D eigenvalue weighted by atomic mass is 16.5. The number of anilines is 1. The largest absolute Gasteiger partial charge is 0.467 e. The number of aromatic nitrogens is 3. The van der Waals surface area contributed by atoms with Crippen LogP contribution in [-0.2, 0) is 4.74 Å². The topological polar surface area (TPSA) is 95.5 Å². The van der Waals surface area contributed by atoms with Crippen LogP contribution in [-0.4, -0.2) is 41.2 Å². The van der Waals surface area contributed by atoms with Gasteiger partial charge in [0.05, 0.1) is 19.3 Å². The Balaban J connectivity index is 2.15. The summed E-state index contributed by atoms with van der Waals surface area (Å²) >= 11 is 0. The van der Waals surface area contributed by atoms with Crippen LogP contribution < -0.4 is 14.8 Å². The Morgan fingerprint density at radius 3 is 2.39 bits per heavy atom. The van der Waals surface area contributed by atoms with E-state index in [-0.39, 0.29) is 18.0 Å². The number of rotatable bonds is 7. The molecule has 0 aliphatic carbocycles. The van der Waals surface area contributed by atoms with Crippen molar-refractivity contribution in [2.45, 2.75) is 13.8 Å². The van der Waals surface area contributed by atoms with E-state index in [2.05, 4.69) is 20.3 Å². The second-order valence-corrected chi connectivity index (χ2v) is 4.31. The van der Waals surface area contributed by atoms with Crippen LogP contribution >= 0.6 is 0 Å². The standard InChI is InChI=1S/C15H18N4O4/c1-4-16-13-17-14(21-3)19-15(18-13)23-11-8-6-10(7-9-11)12(20)22-5-2/h6-9H,4-5H2,1-3H3,(H,16,17,18,19). The quantitative estimate of drug-likeness (QED) is 0.777. The fraction of sp³-hybridized carbons (Fsp3) is 0.333. The normalized spacial score (nSPS) is 10.0. The maximum absolute atomic E-state index is 11.6. The van der Waals surface area contributed by atoms with Crippen molar-refractivity contribution in [1.29, 1.82) is 0 Å². The molecular formula is C15H18N4O4. The molecule has 2 aromatic rings. The van der Waals surface area contributed by atoms with Crippen LogP contribution in [0.3, 0.4) is 0 Å². The van der Waals surface area contributed by atoms with Gasteiger partial charge in [0.1, 0.15) is 5.75 Å². The van der Waals surface area contributed by atoms with Gasteiger partial charge < -0.3 is 19.5 Å². The highest BCUT2D eigenvalue weighted by Crippen LogP contribution is 2.21. The lowest BCUT2D eigenvalue weighted by molar-refractivity contribution is 0.0526. The number of methoxy groups -OCH3 is 1. The van der Waals surface area contributed by atoms with Crippen LogP contribution in [0.25, 0.3) is 0 Å². The molecular weight excluding hydrogens is 300 g/mol. The first-order valence-electron chi connectivity index (χ1n) is 7.15. The predicted octanol–water partition coefficient (Wildman–Crippen LogP) is 2.28. The van der Waals surface area contributed by atoms with Crippen molar-refractivity contribution in [2.24, 2.45) is 0 Å². The Morgan fingerprint density at radius 2 is 1.78 bits per heavy atom. The molecule has 1 N–H and O–H groups in total. The first kappa shape index (κ1) is 16.5. The molecule has 0 unspecified atom stereocenters. The lowest BCUT2D eigenvalue weighted by atomic mass is 10.2. The van der Waals surface area contributed by atoms with Crippen LogP contribution in [0.5, 0.6) is 17.8 Å². The fourth-order valence-electron chi connectivity index (χ4n) is 1.69. The van der Waals surface area contributed by atoms with Crippen molar-refractivity contribution in [3.8, 4) is 17.8 Å². The molecule has 1 aromatic carbocycles. The minimum absolute atomic E-state index is 0.0942. The summed E-state index contributed by atoms with van der Waals surface area (Å²) in [5.41, 5.74) is 0.445. The second kappa shape index (κ2) is 7.92. The maximum Gasteiger partial charge on any atom is 0.338 e. The van der Waals surface area contributed by atoms with E-state index >= 15 is 0 Å². The van der Waals surface area contributed by atoms with E-state index in [1.54, 1.807) is 31.2 Å². The van der Waals surface area contributed by atoms with Gasteiger partial charge in [-0.25, -0.2) is 4.79 Å². The van der Waals surface area contributed by atoms with Gasteiger partial charge in [-0.15, -0.1) is 4.98 Å². The molecule has 8 nitrogen and oxygen atoms in total. The molecule has 1 aromatic heterocycles. The Hall–Kier alpha value is -2.90. The van der Waals surface area contributed by atoms with Gasteiger partial charge in [0, 0.05) is 6.54 Å². The molecule has 0 amide bonds. The molecule has 2 rings (SSSR count). The monoisotopic (exact) mass is 318 g/mol. The van der Waals surface area contributed by atoms with E-state index in [9.17, 15) is 4.79 Å². The molecule has 0 fully saturated rings. The molecule has 8 heteroatoms. The molecule has 1 heterocycles. The molecule has 0 aliphatic rings. The van der Waals surface area contributed by atoms with Crippen molar-refractivity contribution in [3.63, 3.8) is 0 Å². The summed E-state index contributed by atoms with van der Waals surface area (Å²) in [5, 5.41) is 2.96. The Labute approximate surface area is 133 Å². The van der Waals surface area contributed by atoms with Crippen molar-refractivity contribution in [3.05, 3.63) is 29.8 Å². The zero-order chi connectivity index (χ0) is 16.7. The number of benzene rings is 1. The smallest absolute Gasteiger partial charge is 0.338 e. The van der Waals surface area contributed by atoms with Crippen LogP contribution in [0.15, 0.2) is 24.3 Å². The fourth-order valence-corrected chi connectivity index (χ4v) is 1.69. The highest BCUT2D eigenvalue weighted by Gasteiger charge is 2.10. The van der Waals surface area contributed by atoms with E-state index in [0.717, 1.165) is 0 Å². The van der Waals surface area contributed by atoms with E-state index in [0.29, 0.717) is 30.4 Å². The van der Waals surface area contributed by atoms with Gasteiger partial charge in [-0.05, 0) is 38.1 Å². The van der Waals surface area contributed by atoms with Gasteiger partial charge in [-0.3, -0.25) is 0 Å². The SMILES string of the molecule is CCNc1nc(OC)nc(Oc2ccc(C(=O)OCC)cc2)n1. The average molecular weight is 318 g/mol. The molecule has 0 radical (unpaired) electrons. The van der Waals surface area contributed by atoms with Gasteiger partial charge >= 0.3 is 18.0 Å². The number of carbonyl (C=O) groups is 1. The minimum Gasteiger partial charge on any atom is -0.467 e. The van der Waals surface area contributed by atoms with Gasteiger partial charge in [-0.2, -0.15) is 9.97 Å². The lowest BCUT2D eigenvalue weighted by Crippen LogP contribution is -2.06. The number of nitrogens with zero attached hydrogens (tertiary/aromatic N) is 3. The summed E-state index contributed by atoms with van der Waals surface area (Å²) in [4.78, 5) is 23.8. The second-order valence-electron chi connectivity index (χ2n) is 4.31. The van der Waals surface area contributed by atoms with E-state index in [1.807, 2.05) is 6.92 Å². The van der Waals surface area contributed by atoms with E-state index < -0.39 is 0 Å². The van der Waals surface area contributed by atoms with Crippen molar-refractivity contribution < 1.29 is 19.0 Å². The molecule has 0 saturated heterocycles. The van der Waals surface area contributed by atoms with Crippen LogP contribution in [0, 0.1) is 0 Å². The number of carbonyl (C=O) groups excluding carboxylic acids is 1. The summed E-state index contributed by atoms with van der Waals surface area (Å²) in [6.07, 6.45) is 0. The minimum atomic E-state index is -0.379. The third-order valence-corrected chi connectivity index (χ3v) is 2.69. The summed E-state index contributed by atoms with van der Waals surface area (Å²) in [6, 6.07) is 6.73. The molecule has 0 atom stereocenters. The third kappa shape index (κ3) is 4.53. The predicted molar refractivity (Wildman–Crippen MR) is 83.0 cm³/mol. The maximum atomic E-state index is 11.6. The van der Waals surface area contributed by atoms with Gasteiger partial charge in [0.2, 0.25) is 5.95 Å². The van der Waals surface area contributed by atoms with Crippen molar-refractivity contribution in [2.75, 3.05) is 25.6 Å². The number of nitrogens with one attached hydrogen (secondary N) is 1. The average Bonchev–Trinajstić information content (AvgIpc) is 2.56. The van der Waals surface area contributed by atoms with Gasteiger partial charge in [0.15, 0.2) is 0 Å². The van der Waals surface area contributed by atoms with Gasteiger partial charge in [-0.1, -0.05) is 0 Å². The number of hydrogen-bond acceptors (Lipinski definition) is 8. The molecule has 0 saturated carbocycles. The molecule has 23 heavy (non-hydrogen) atoms. The first-order chi connectivity index (χ1) is 11.2. The molecule has 0 bridgehead atoms. The van der Waals surface area contributed by atoms with E-state index in [1.165, 1.54) is 7.11 Å². The Bertz CT molecular complexity index is 661. The summed E-state index contributed by atoms with van der Waals surface area (Å²) in [7, 11) is 1.46. The van der Waals surface area contributed by atoms with Crippen LogP contribution in [0.4, 0.5) is 5.95 Å². The molecule has 0 aliphatic heterocycles. The number of hydrogen-bond donors (Lipinski definition) is 1. The van der Waals surface area contributed by atoms with Crippen molar-refractivity contribution in [1.82, 2.24) is 15.0 Å². The Kier molecular flexibility index (Phi) is 5.67. The number of esters is 1. The Morgan fingerprint density at radius 1 is 1.09 bits per heavy atom. The van der Waals surface area contributed by atoms with E-state index in [4.69, 9.17) is 14.2 Å². The van der Waals surface area contributed by atoms with Gasteiger partial charge in [0.25, 0.3) is 0 Å². The van der Waals surface area contributed by atoms with Crippen molar-refractivity contribution >= 4 is 11.9 Å². The summed E-state index contributed by atoms with van der Waals surface area (Å²) in [6.45, 7) is 4.66. The molecule has 0 spiro atoms. The van der Waals surface area contributed by atoms with Crippen LogP contribution in [0.2, 0.25) is 0 Å². The lowest BCUT2D eigenvalue weighted by Gasteiger charge is -2.08. The zero-order valence-corrected chi connectivity index (χ0v) is 13.2. The zero-order valence-electron chi connectivity index (χ0n) is 13.2. The summed E-state index contributed by atoms with van der Waals surface area (Å²) < 4.78 is 15.5. The summed E-state index contributed by atoms with van der Waals surface area (Å²) in [5.74, 6) is 0.460. The molecule has 122 valence electrons. The van der Waals surface area contributed by atoms with Crippen LogP contribution in [0.1, 0.15) is 24.2 Å².